The van der Waals surface area contributed by atoms with Crippen molar-refractivity contribution in [2.75, 3.05) is 0 Å². The molecule has 0 radical (unpaired) electrons. The van der Waals surface area contributed by atoms with E-state index in [9.17, 15) is 4.79 Å². The molecule has 0 fully saturated rings. The molecule has 0 aliphatic rings. The van der Waals surface area contributed by atoms with Crippen molar-refractivity contribution in [2.24, 2.45) is 0 Å². The lowest BCUT2D eigenvalue weighted by Crippen LogP contribution is -2.02. The Morgan fingerprint density at radius 2 is 1.53 bits per heavy atom. The maximum absolute atomic E-state index is 11.0. The summed E-state index contributed by atoms with van der Waals surface area (Å²) in [6.07, 6.45) is 1.14. The van der Waals surface area contributed by atoms with E-state index in [0.717, 1.165) is 17.2 Å². The van der Waals surface area contributed by atoms with Crippen LogP contribution in [0.4, 0.5) is 0 Å². The van der Waals surface area contributed by atoms with Crippen molar-refractivity contribution >= 4 is 5.97 Å². The number of hydrogen-bond donors (Lipinski definition) is 0. The van der Waals surface area contributed by atoms with Crippen LogP contribution in [-0.4, -0.2) is 5.97 Å². The van der Waals surface area contributed by atoms with Crippen molar-refractivity contribution in [3.8, 4) is 16.9 Å². The van der Waals surface area contributed by atoms with Gasteiger partial charge >= 0.3 is 5.97 Å². The third-order valence-corrected chi connectivity index (χ3v) is 2.35. The van der Waals surface area contributed by atoms with Gasteiger partial charge in [0.25, 0.3) is 0 Å². The molecule has 84 valence electrons. The third kappa shape index (κ3) is 2.82. The van der Waals surface area contributed by atoms with Crippen molar-refractivity contribution in [3.05, 3.63) is 67.3 Å². The number of esters is 1. The van der Waals surface area contributed by atoms with Crippen molar-refractivity contribution in [1.82, 2.24) is 0 Å². The van der Waals surface area contributed by atoms with Crippen LogP contribution in [0.2, 0.25) is 0 Å². The van der Waals surface area contributed by atoms with E-state index in [2.05, 4.69) is 6.58 Å². The van der Waals surface area contributed by atoms with Crippen molar-refractivity contribution in [1.29, 1.82) is 0 Å². The molecule has 17 heavy (non-hydrogen) atoms. The first-order valence-corrected chi connectivity index (χ1v) is 5.29. The number of ether oxygens (including phenoxy) is 1. The lowest BCUT2D eigenvalue weighted by atomic mass is 10.1. The topological polar surface area (TPSA) is 26.3 Å². The van der Waals surface area contributed by atoms with Crippen LogP contribution >= 0.6 is 0 Å². The minimum Gasteiger partial charge on any atom is -0.423 e. The zero-order valence-corrected chi connectivity index (χ0v) is 9.30. The highest BCUT2D eigenvalue weighted by molar-refractivity contribution is 5.83. The lowest BCUT2D eigenvalue weighted by Gasteiger charge is -2.04. The molecule has 2 heteroatoms. The van der Waals surface area contributed by atoms with Crippen molar-refractivity contribution in [3.63, 3.8) is 0 Å². The minimum absolute atomic E-state index is 0.447. The van der Waals surface area contributed by atoms with E-state index in [1.807, 2.05) is 42.5 Å². The van der Waals surface area contributed by atoms with E-state index in [1.54, 1.807) is 12.1 Å². The molecule has 0 amide bonds. The van der Waals surface area contributed by atoms with Gasteiger partial charge in [0.15, 0.2) is 0 Å². The SMILES string of the molecule is C=CC(=O)Oc1ccc(-c2ccccc2)cc1. The predicted molar refractivity (Wildman–Crippen MR) is 67.7 cm³/mol. The quantitative estimate of drug-likeness (QED) is 0.453. The monoisotopic (exact) mass is 224 g/mol. The molecule has 2 nitrogen and oxygen atoms in total. The van der Waals surface area contributed by atoms with E-state index >= 15 is 0 Å². The Hall–Kier alpha value is -2.35. The first kappa shape index (κ1) is 11.1. The largest absolute Gasteiger partial charge is 0.423 e. The zero-order chi connectivity index (χ0) is 12.1. The molecule has 0 bridgehead atoms. The molecule has 2 rings (SSSR count). The molecule has 0 saturated heterocycles. The molecule has 0 spiro atoms. The standard InChI is InChI=1S/C15H12O2/c1-2-15(16)17-14-10-8-13(9-11-14)12-6-4-3-5-7-12/h2-11H,1H2. The fourth-order valence-electron chi connectivity index (χ4n) is 1.50. The van der Waals surface area contributed by atoms with Crippen molar-refractivity contribution < 1.29 is 9.53 Å². The summed E-state index contributed by atoms with van der Waals surface area (Å²) in [5, 5.41) is 0. The van der Waals surface area contributed by atoms with Gasteiger partial charge < -0.3 is 4.74 Å². The van der Waals surface area contributed by atoms with Gasteiger partial charge in [-0.2, -0.15) is 0 Å². The zero-order valence-electron chi connectivity index (χ0n) is 9.30. The van der Waals surface area contributed by atoms with Gasteiger partial charge in [-0.25, -0.2) is 4.79 Å². The van der Waals surface area contributed by atoms with Crippen LogP contribution in [0.25, 0.3) is 11.1 Å². The number of hydrogen-bond acceptors (Lipinski definition) is 2. The molecule has 0 heterocycles. The van der Waals surface area contributed by atoms with Gasteiger partial charge in [0.2, 0.25) is 0 Å². The summed E-state index contributed by atoms with van der Waals surface area (Å²) >= 11 is 0. The van der Waals surface area contributed by atoms with Crippen LogP contribution in [0.15, 0.2) is 67.3 Å². The summed E-state index contributed by atoms with van der Waals surface area (Å²) in [5.74, 6) is 0.0760. The van der Waals surface area contributed by atoms with Crippen LogP contribution in [0.3, 0.4) is 0 Å². The molecule has 0 aromatic heterocycles. The highest BCUT2D eigenvalue weighted by Crippen LogP contribution is 2.21. The van der Waals surface area contributed by atoms with E-state index in [1.165, 1.54) is 0 Å². The van der Waals surface area contributed by atoms with Crippen molar-refractivity contribution in [2.45, 2.75) is 0 Å². The smallest absolute Gasteiger partial charge is 0.335 e. The van der Waals surface area contributed by atoms with Gasteiger partial charge in [0.05, 0.1) is 0 Å². The van der Waals surface area contributed by atoms with E-state index in [-0.39, 0.29) is 0 Å². The summed E-state index contributed by atoms with van der Waals surface area (Å²) in [5.41, 5.74) is 2.22. The number of benzene rings is 2. The minimum atomic E-state index is -0.447. The van der Waals surface area contributed by atoms with Crippen LogP contribution in [0.1, 0.15) is 0 Å². The summed E-state index contributed by atoms with van der Waals surface area (Å²) in [4.78, 5) is 11.0. The number of rotatable bonds is 3. The third-order valence-electron chi connectivity index (χ3n) is 2.35. The average molecular weight is 224 g/mol. The molecule has 0 saturated carbocycles. The highest BCUT2D eigenvalue weighted by atomic mass is 16.5. The Morgan fingerprint density at radius 1 is 0.941 bits per heavy atom. The second-order valence-electron chi connectivity index (χ2n) is 3.52. The Balaban J connectivity index is 2.19. The Labute approximate surface area is 100 Å². The molecular formula is C15H12O2. The first-order chi connectivity index (χ1) is 8.29. The fourth-order valence-corrected chi connectivity index (χ4v) is 1.50. The van der Waals surface area contributed by atoms with Crippen LogP contribution < -0.4 is 4.74 Å². The molecule has 0 aliphatic carbocycles. The molecule has 0 aliphatic heterocycles. The van der Waals surface area contributed by atoms with E-state index in [0.29, 0.717) is 5.75 Å². The van der Waals surface area contributed by atoms with E-state index < -0.39 is 5.97 Å². The van der Waals surface area contributed by atoms with Crippen LogP contribution in [0, 0.1) is 0 Å². The molecule has 0 atom stereocenters. The molecule has 2 aromatic rings. The Morgan fingerprint density at radius 3 is 2.12 bits per heavy atom. The number of carbonyl (C=O) groups excluding carboxylic acids is 1. The average Bonchev–Trinajstić information content (AvgIpc) is 2.40. The molecule has 2 aromatic carbocycles. The van der Waals surface area contributed by atoms with Crippen LogP contribution in [-0.2, 0) is 4.79 Å². The number of carbonyl (C=O) groups is 1. The maximum Gasteiger partial charge on any atom is 0.335 e. The molecule has 0 N–H and O–H groups in total. The highest BCUT2D eigenvalue weighted by Gasteiger charge is 2.00. The normalized spacial score (nSPS) is 9.65. The summed E-state index contributed by atoms with van der Waals surface area (Å²) in [6.45, 7) is 3.35. The first-order valence-electron chi connectivity index (χ1n) is 5.29. The summed E-state index contributed by atoms with van der Waals surface area (Å²) in [7, 11) is 0. The van der Waals surface area contributed by atoms with Gasteiger partial charge in [-0.15, -0.1) is 0 Å². The summed E-state index contributed by atoms with van der Waals surface area (Å²) < 4.78 is 5.00. The lowest BCUT2D eigenvalue weighted by molar-refractivity contribution is -0.128. The second-order valence-corrected chi connectivity index (χ2v) is 3.52. The Bertz CT molecular complexity index is 512. The van der Waals surface area contributed by atoms with Gasteiger partial charge in [0, 0.05) is 6.08 Å². The van der Waals surface area contributed by atoms with Crippen LogP contribution in [0.5, 0.6) is 5.75 Å². The van der Waals surface area contributed by atoms with Gasteiger partial charge in [-0.05, 0) is 23.3 Å². The second kappa shape index (κ2) is 5.12. The summed E-state index contributed by atoms with van der Waals surface area (Å²) in [6, 6.07) is 17.4. The maximum atomic E-state index is 11.0. The fraction of sp³-hybridized carbons (Fsp3) is 0. The van der Waals surface area contributed by atoms with Gasteiger partial charge in [-0.3, -0.25) is 0 Å². The van der Waals surface area contributed by atoms with Gasteiger partial charge in [0.1, 0.15) is 5.75 Å². The Kier molecular flexibility index (Phi) is 3.36. The van der Waals surface area contributed by atoms with Gasteiger partial charge in [-0.1, -0.05) is 49.0 Å². The molecule has 0 unspecified atom stereocenters. The van der Waals surface area contributed by atoms with E-state index in [4.69, 9.17) is 4.74 Å². The predicted octanol–water partition coefficient (Wildman–Crippen LogP) is 3.45. The molecular weight excluding hydrogens is 212 g/mol.